The molecule has 1 aliphatic carbocycles. The van der Waals surface area contributed by atoms with Gasteiger partial charge in [-0.3, -0.25) is 0 Å². The number of allylic oxidation sites excluding steroid dienone is 1. The van der Waals surface area contributed by atoms with Crippen molar-refractivity contribution in [3.05, 3.63) is 41.5 Å². The summed E-state index contributed by atoms with van der Waals surface area (Å²) < 4.78 is 5.62. The van der Waals surface area contributed by atoms with Crippen LogP contribution in [-0.4, -0.2) is 6.61 Å². The van der Waals surface area contributed by atoms with Gasteiger partial charge in [0.2, 0.25) is 0 Å². The first kappa shape index (κ1) is 8.36. The van der Waals surface area contributed by atoms with E-state index >= 15 is 0 Å². The van der Waals surface area contributed by atoms with Crippen LogP contribution in [0, 0.1) is 6.92 Å². The third-order valence-corrected chi connectivity index (χ3v) is 2.31. The normalized spacial score (nSPS) is 14.7. The third-order valence-electron chi connectivity index (χ3n) is 2.31. The Morgan fingerprint density at radius 3 is 2.85 bits per heavy atom. The lowest BCUT2D eigenvalue weighted by molar-refractivity contribution is 0.342. The fourth-order valence-corrected chi connectivity index (χ4v) is 1.36. The number of rotatable bonds is 3. The molecule has 1 aromatic rings. The molecule has 1 aromatic carbocycles. The Hall–Kier alpha value is -1.24. The Kier molecular flexibility index (Phi) is 2.35. The summed E-state index contributed by atoms with van der Waals surface area (Å²) in [5.41, 5.74) is 2.68. The molecular weight excluding hydrogens is 160 g/mol. The second-order valence-electron chi connectivity index (χ2n) is 3.51. The molecule has 0 bridgehead atoms. The van der Waals surface area contributed by atoms with Gasteiger partial charge in [-0.2, -0.15) is 0 Å². The first-order valence-corrected chi connectivity index (χ1v) is 4.72. The molecule has 0 unspecified atom stereocenters. The van der Waals surface area contributed by atoms with Gasteiger partial charge in [-0.1, -0.05) is 18.2 Å². The summed E-state index contributed by atoms with van der Waals surface area (Å²) >= 11 is 0. The summed E-state index contributed by atoms with van der Waals surface area (Å²) in [5.74, 6) is 0.979. The summed E-state index contributed by atoms with van der Waals surface area (Å²) in [6, 6.07) is 8.18. The summed E-state index contributed by atoms with van der Waals surface area (Å²) in [5, 5.41) is 0. The lowest BCUT2D eigenvalue weighted by atomic mass is 10.0. The fraction of sp³-hybridized carbons (Fsp3) is 0.333. The van der Waals surface area contributed by atoms with Gasteiger partial charge in [-0.05, 0) is 43.0 Å². The molecule has 0 atom stereocenters. The Morgan fingerprint density at radius 1 is 1.38 bits per heavy atom. The van der Waals surface area contributed by atoms with Crippen molar-refractivity contribution in [2.24, 2.45) is 0 Å². The van der Waals surface area contributed by atoms with Crippen LogP contribution in [-0.2, 0) is 0 Å². The number of hydrogen-bond donors (Lipinski definition) is 0. The van der Waals surface area contributed by atoms with Crippen LogP contribution in [0.1, 0.15) is 18.4 Å². The third kappa shape index (κ3) is 2.11. The van der Waals surface area contributed by atoms with E-state index in [1.807, 2.05) is 12.1 Å². The molecule has 13 heavy (non-hydrogen) atoms. The van der Waals surface area contributed by atoms with Gasteiger partial charge >= 0.3 is 0 Å². The van der Waals surface area contributed by atoms with Crippen LogP contribution < -0.4 is 4.74 Å². The van der Waals surface area contributed by atoms with Crippen LogP contribution in [0.15, 0.2) is 35.9 Å². The summed E-state index contributed by atoms with van der Waals surface area (Å²) in [6.45, 7) is 2.85. The van der Waals surface area contributed by atoms with Gasteiger partial charge in [0.1, 0.15) is 12.4 Å². The molecule has 0 radical (unpaired) electrons. The van der Waals surface area contributed by atoms with Crippen LogP contribution in [0.25, 0.3) is 0 Å². The highest BCUT2D eigenvalue weighted by Crippen LogP contribution is 2.20. The lowest BCUT2D eigenvalue weighted by Crippen LogP contribution is -2.06. The minimum absolute atomic E-state index is 0.767. The van der Waals surface area contributed by atoms with Gasteiger partial charge in [0, 0.05) is 0 Å². The minimum Gasteiger partial charge on any atom is -0.489 e. The predicted octanol–water partition coefficient (Wildman–Crippen LogP) is 3.09. The van der Waals surface area contributed by atoms with E-state index in [1.54, 1.807) is 0 Å². The van der Waals surface area contributed by atoms with Gasteiger partial charge in [-0.25, -0.2) is 0 Å². The average Bonchev–Trinajstić information content (AvgIpc) is 2.01. The highest BCUT2D eigenvalue weighted by molar-refractivity contribution is 5.28. The highest BCUT2D eigenvalue weighted by Gasteiger charge is 2.05. The molecular formula is C12H14O. The maximum absolute atomic E-state index is 5.62. The molecule has 0 amide bonds. The van der Waals surface area contributed by atoms with Crippen molar-refractivity contribution in [1.82, 2.24) is 0 Å². The van der Waals surface area contributed by atoms with E-state index in [1.165, 1.54) is 24.0 Å². The zero-order chi connectivity index (χ0) is 9.10. The Bertz CT molecular complexity index is 326. The van der Waals surface area contributed by atoms with Crippen LogP contribution in [0.2, 0.25) is 0 Å². The molecule has 0 heterocycles. The fourth-order valence-electron chi connectivity index (χ4n) is 1.36. The van der Waals surface area contributed by atoms with Crippen molar-refractivity contribution in [1.29, 1.82) is 0 Å². The van der Waals surface area contributed by atoms with E-state index in [0.29, 0.717) is 0 Å². The molecule has 0 spiro atoms. The highest BCUT2D eigenvalue weighted by atomic mass is 16.5. The molecule has 2 rings (SSSR count). The minimum atomic E-state index is 0.767. The second-order valence-corrected chi connectivity index (χ2v) is 3.51. The van der Waals surface area contributed by atoms with Crippen molar-refractivity contribution in [2.75, 3.05) is 6.61 Å². The monoisotopic (exact) mass is 174 g/mol. The van der Waals surface area contributed by atoms with Crippen molar-refractivity contribution in [3.63, 3.8) is 0 Å². The Labute approximate surface area is 79.0 Å². The predicted molar refractivity (Wildman–Crippen MR) is 54.0 cm³/mol. The largest absolute Gasteiger partial charge is 0.489 e. The zero-order valence-corrected chi connectivity index (χ0v) is 7.92. The number of ether oxygens (including phenoxy) is 1. The molecule has 0 aromatic heterocycles. The van der Waals surface area contributed by atoms with E-state index in [-0.39, 0.29) is 0 Å². The topological polar surface area (TPSA) is 9.23 Å². The van der Waals surface area contributed by atoms with E-state index in [9.17, 15) is 0 Å². The average molecular weight is 174 g/mol. The van der Waals surface area contributed by atoms with Crippen LogP contribution in [0.5, 0.6) is 5.75 Å². The smallest absolute Gasteiger partial charge is 0.120 e. The van der Waals surface area contributed by atoms with Crippen molar-refractivity contribution < 1.29 is 4.74 Å². The summed E-state index contributed by atoms with van der Waals surface area (Å²) in [7, 11) is 0. The van der Waals surface area contributed by atoms with E-state index in [2.05, 4.69) is 25.1 Å². The number of hydrogen-bond acceptors (Lipinski definition) is 1. The van der Waals surface area contributed by atoms with Gasteiger partial charge in [0.05, 0.1) is 0 Å². The number of benzene rings is 1. The second kappa shape index (κ2) is 3.65. The molecule has 68 valence electrons. The Balaban J connectivity index is 1.93. The van der Waals surface area contributed by atoms with Gasteiger partial charge in [-0.15, -0.1) is 0 Å². The molecule has 0 N–H and O–H groups in total. The maximum Gasteiger partial charge on any atom is 0.120 e. The summed E-state index contributed by atoms with van der Waals surface area (Å²) in [4.78, 5) is 0. The summed E-state index contributed by atoms with van der Waals surface area (Å²) in [6.07, 6.45) is 4.69. The van der Waals surface area contributed by atoms with Crippen molar-refractivity contribution in [3.8, 4) is 5.75 Å². The van der Waals surface area contributed by atoms with Gasteiger partial charge < -0.3 is 4.74 Å². The molecule has 1 nitrogen and oxygen atoms in total. The van der Waals surface area contributed by atoms with Crippen molar-refractivity contribution >= 4 is 0 Å². The lowest BCUT2D eigenvalue weighted by Gasteiger charge is -2.15. The van der Waals surface area contributed by atoms with Crippen LogP contribution in [0.3, 0.4) is 0 Å². The molecule has 0 fully saturated rings. The zero-order valence-electron chi connectivity index (χ0n) is 7.92. The first-order chi connectivity index (χ1) is 6.34. The maximum atomic E-state index is 5.62. The molecule has 1 aliphatic rings. The van der Waals surface area contributed by atoms with Crippen molar-refractivity contribution in [2.45, 2.75) is 19.8 Å². The first-order valence-electron chi connectivity index (χ1n) is 4.72. The molecule has 0 saturated heterocycles. The Morgan fingerprint density at radius 2 is 2.23 bits per heavy atom. The quantitative estimate of drug-likeness (QED) is 0.640. The standard InChI is InChI=1S/C12H14O/c1-10-4-2-7-12(8-10)13-9-11-5-3-6-11/h2,4-5,7-8H,3,6,9H2,1H3. The SMILES string of the molecule is Cc1cccc(OCC2=CCC2)c1. The number of aryl methyl sites for hydroxylation is 1. The van der Waals surface area contributed by atoms with E-state index in [4.69, 9.17) is 4.74 Å². The molecule has 1 heteroatoms. The van der Waals surface area contributed by atoms with E-state index < -0.39 is 0 Å². The van der Waals surface area contributed by atoms with Crippen LogP contribution in [0.4, 0.5) is 0 Å². The van der Waals surface area contributed by atoms with E-state index in [0.717, 1.165) is 12.4 Å². The van der Waals surface area contributed by atoms with Gasteiger partial charge in [0.25, 0.3) is 0 Å². The van der Waals surface area contributed by atoms with Crippen LogP contribution >= 0.6 is 0 Å². The molecule has 0 saturated carbocycles. The molecule has 0 aliphatic heterocycles. The van der Waals surface area contributed by atoms with Gasteiger partial charge in [0.15, 0.2) is 0 Å².